The summed E-state index contributed by atoms with van der Waals surface area (Å²) in [4.78, 5) is 12.0. The Labute approximate surface area is 142 Å². The number of aromatic hydroxyl groups is 2. The minimum absolute atomic E-state index is 0.0932. The van der Waals surface area contributed by atoms with Crippen molar-refractivity contribution in [2.75, 3.05) is 0 Å². The van der Waals surface area contributed by atoms with Gasteiger partial charge in [0.05, 0.1) is 11.8 Å². The molecule has 0 atom stereocenters. The lowest BCUT2D eigenvalue weighted by Gasteiger charge is -2.05. The van der Waals surface area contributed by atoms with Gasteiger partial charge in [0.15, 0.2) is 0 Å². The Bertz CT molecular complexity index is 772. The van der Waals surface area contributed by atoms with Crippen molar-refractivity contribution in [3.8, 4) is 11.5 Å². The number of nitrogens with one attached hydrogen (secondary N) is 1. The fourth-order valence-electron chi connectivity index (χ4n) is 1.95. The van der Waals surface area contributed by atoms with Gasteiger partial charge in [-0.1, -0.05) is 34.1 Å². The van der Waals surface area contributed by atoms with Crippen LogP contribution in [0.15, 0.2) is 58.6 Å². The SMILES string of the molecule is C=CCc1cccc(/C=N/NC(=O)c2cc(Br)ccc2O)c1O. The van der Waals surface area contributed by atoms with Gasteiger partial charge >= 0.3 is 0 Å². The third kappa shape index (κ3) is 4.20. The number of nitrogens with zero attached hydrogens (tertiary/aromatic N) is 1. The van der Waals surface area contributed by atoms with Crippen LogP contribution in [0, 0.1) is 0 Å². The molecule has 23 heavy (non-hydrogen) atoms. The number of carbonyl (C=O) groups is 1. The topological polar surface area (TPSA) is 81.9 Å². The molecule has 3 N–H and O–H groups in total. The maximum absolute atomic E-state index is 12.0. The highest BCUT2D eigenvalue weighted by Gasteiger charge is 2.11. The Kier molecular flexibility index (Phi) is 5.54. The summed E-state index contributed by atoms with van der Waals surface area (Å²) in [7, 11) is 0. The monoisotopic (exact) mass is 374 g/mol. The summed E-state index contributed by atoms with van der Waals surface area (Å²) < 4.78 is 0.666. The average Bonchev–Trinajstić information content (AvgIpc) is 2.53. The van der Waals surface area contributed by atoms with E-state index in [-0.39, 0.29) is 17.1 Å². The number of carbonyl (C=O) groups excluding carboxylic acids is 1. The third-order valence-corrected chi connectivity index (χ3v) is 3.58. The number of benzene rings is 2. The van der Waals surface area contributed by atoms with Crippen LogP contribution in [0.5, 0.6) is 11.5 Å². The molecule has 0 radical (unpaired) electrons. The van der Waals surface area contributed by atoms with Crippen LogP contribution >= 0.6 is 15.9 Å². The average molecular weight is 375 g/mol. The Morgan fingerprint density at radius 2 is 2.09 bits per heavy atom. The predicted molar refractivity (Wildman–Crippen MR) is 92.9 cm³/mol. The molecular weight excluding hydrogens is 360 g/mol. The summed E-state index contributed by atoms with van der Waals surface area (Å²) >= 11 is 3.23. The first-order valence-corrected chi connectivity index (χ1v) is 7.56. The molecule has 2 aromatic rings. The quantitative estimate of drug-likeness (QED) is 0.426. The zero-order chi connectivity index (χ0) is 16.8. The molecular formula is C17H15BrN2O3. The minimum Gasteiger partial charge on any atom is -0.507 e. The molecule has 2 aromatic carbocycles. The van der Waals surface area contributed by atoms with Crippen molar-refractivity contribution >= 4 is 28.1 Å². The van der Waals surface area contributed by atoms with Gasteiger partial charge in [-0.05, 0) is 36.2 Å². The second-order valence-electron chi connectivity index (χ2n) is 4.71. The molecule has 0 spiro atoms. The smallest absolute Gasteiger partial charge is 0.275 e. The molecule has 118 valence electrons. The molecule has 0 aliphatic rings. The lowest BCUT2D eigenvalue weighted by atomic mass is 10.1. The number of halogens is 1. The molecule has 0 heterocycles. The summed E-state index contributed by atoms with van der Waals surface area (Å²) in [5.74, 6) is -0.603. The number of hydrogen-bond acceptors (Lipinski definition) is 4. The highest BCUT2D eigenvalue weighted by atomic mass is 79.9. The molecule has 6 heteroatoms. The van der Waals surface area contributed by atoms with Gasteiger partial charge in [-0.15, -0.1) is 6.58 Å². The van der Waals surface area contributed by atoms with Crippen LogP contribution in [0.25, 0.3) is 0 Å². The van der Waals surface area contributed by atoms with Gasteiger partial charge in [0.1, 0.15) is 11.5 Å². The molecule has 0 aliphatic carbocycles. The van der Waals surface area contributed by atoms with Gasteiger partial charge in [-0.3, -0.25) is 4.79 Å². The van der Waals surface area contributed by atoms with Gasteiger partial charge in [-0.25, -0.2) is 5.43 Å². The van der Waals surface area contributed by atoms with Crippen LogP contribution in [0.4, 0.5) is 0 Å². The van der Waals surface area contributed by atoms with E-state index in [4.69, 9.17) is 0 Å². The van der Waals surface area contributed by atoms with Crippen molar-refractivity contribution in [2.45, 2.75) is 6.42 Å². The van der Waals surface area contributed by atoms with E-state index in [9.17, 15) is 15.0 Å². The molecule has 0 aliphatic heterocycles. The number of allylic oxidation sites excluding steroid dienone is 1. The Morgan fingerprint density at radius 1 is 1.30 bits per heavy atom. The van der Waals surface area contributed by atoms with Gasteiger partial charge in [0.2, 0.25) is 0 Å². The normalized spacial score (nSPS) is 10.7. The highest BCUT2D eigenvalue weighted by Crippen LogP contribution is 2.22. The molecule has 0 fully saturated rings. The number of hydrogen-bond donors (Lipinski definition) is 3. The van der Waals surface area contributed by atoms with Crippen LogP contribution in [0.3, 0.4) is 0 Å². The summed E-state index contributed by atoms with van der Waals surface area (Å²) in [5.41, 5.74) is 3.61. The molecule has 0 unspecified atom stereocenters. The fourth-order valence-corrected chi connectivity index (χ4v) is 2.31. The van der Waals surface area contributed by atoms with E-state index < -0.39 is 5.91 Å². The fraction of sp³-hybridized carbons (Fsp3) is 0.0588. The molecule has 0 aromatic heterocycles. The third-order valence-electron chi connectivity index (χ3n) is 3.09. The van der Waals surface area contributed by atoms with E-state index in [1.54, 1.807) is 30.3 Å². The maximum Gasteiger partial charge on any atom is 0.275 e. The van der Waals surface area contributed by atoms with Crippen molar-refractivity contribution < 1.29 is 15.0 Å². The Balaban J connectivity index is 2.13. The van der Waals surface area contributed by atoms with Crippen LogP contribution in [-0.4, -0.2) is 22.3 Å². The number of rotatable bonds is 5. The first kappa shape index (κ1) is 16.8. The first-order chi connectivity index (χ1) is 11.0. The summed E-state index contributed by atoms with van der Waals surface area (Å²) in [5, 5.41) is 23.6. The minimum atomic E-state index is -0.554. The van der Waals surface area contributed by atoms with Crippen molar-refractivity contribution in [2.24, 2.45) is 5.10 Å². The summed E-state index contributed by atoms with van der Waals surface area (Å²) in [6.07, 6.45) is 3.56. The first-order valence-electron chi connectivity index (χ1n) is 6.76. The maximum atomic E-state index is 12.0. The number of phenolic OH excluding ortho intramolecular Hbond substituents is 2. The van der Waals surface area contributed by atoms with Gasteiger partial charge in [-0.2, -0.15) is 5.10 Å². The Morgan fingerprint density at radius 3 is 2.83 bits per heavy atom. The molecule has 5 nitrogen and oxygen atoms in total. The van der Waals surface area contributed by atoms with Gasteiger partial charge in [0.25, 0.3) is 5.91 Å². The van der Waals surface area contributed by atoms with Crippen molar-refractivity contribution in [3.05, 3.63) is 70.2 Å². The van der Waals surface area contributed by atoms with E-state index in [2.05, 4.69) is 33.0 Å². The lowest BCUT2D eigenvalue weighted by molar-refractivity contribution is 0.0952. The van der Waals surface area contributed by atoms with Crippen molar-refractivity contribution in [3.63, 3.8) is 0 Å². The van der Waals surface area contributed by atoms with E-state index >= 15 is 0 Å². The molecule has 0 bridgehead atoms. The summed E-state index contributed by atoms with van der Waals surface area (Å²) in [6, 6.07) is 9.76. The van der Waals surface area contributed by atoms with Crippen molar-refractivity contribution in [1.82, 2.24) is 5.43 Å². The van der Waals surface area contributed by atoms with Crippen LogP contribution < -0.4 is 5.43 Å². The second-order valence-corrected chi connectivity index (χ2v) is 5.62. The predicted octanol–water partition coefficient (Wildman–Crippen LogP) is 3.35. The molecule has 0 saturated heterocycles. The van der Waals surface area contributed by atoms with E-state index in [0.717, 1.165) is 5.56 Å². The number of phenols is 2. The number of para-hydroxylation sites is 1. The highest BCUT2D eigenvalue weighted by molar-refractivity contribution is 9.10. The zero-order valence-electron chi connectivity index (χ0n) is 12.2. The lowest BCUT2D eigenvalue weighted by Crippen LogP contribution is -2.17. The zero-order valence-corrected chi connectivity index (χ0v) is 13.7. The number of amides is 1. The molecule has 0 saturated carbocycles. The van der Waals surface area contributed by atoms with Crippen LogP contribution in [0.1, 0.15) is 21.5 Å². The van der Waals surface area contributed by atoms with Crippen molar-refractivity contribution in [1.29, 1.82) is 0 Å². The molecule has 1 amide bonds. The Hall–Kier alpha value is -2.60. The van der Waals surface area contributed by atoms with Crippen LogP contribution in [-0.2, 0) is 6.42 Å². The van der Waals surface area contributed by atoms with E-state index in [0.29, 0.717) is 16.5 Å². The van der Waals surface area contributed by atoms with E-state index in [1.807, 2.05) is 0 Å². The van der Waals surface area contributed by atoms with Crippen LogP contribution in [0.2, 0.25) is 0 Å². The summed E-state index contributed by atoms with van der Waals surface area (Å²) in [6.45, 7) is 3.63. The number of hydrazone groups is 1. The standard InChI is InChI=1S/C17H15BrN2O3/c1-2-4-11-5-3-6-12(16(11)22)10-19-20-17(23)14-9-13(18)7-8-15(14)21/h2-3,5-10,21-22H,1,4H2,(H,20,23)/b19-10+. The second kappa shape index (κ2) is 7.60. The van der Waals surface area contributed by atoms with Gasteiger partial charge in [0, 0.05) is 10.0 Å². The van der Waals surface area contributed by atoms with E-state index in [1.165, 1.54) is 18.3 Å². The van der Waals surface area contributed by atoms with Gasteiger partial charge < -0.3 is 10.2 Å². The molecule has 2 rings (SSSR count). The largest absolute Gasteiger partial charge is 0.507 e.